The Labute approximate surface area is 139 Å². The number of nitrogens with zero attached hydrogens (tertiary/aromatic N) is 1. The summed E-state index contributed by atoms with van der Waals surface area (Å²) in [6.07, 6.45) is 1.31. The van der Waals surface area contributed by atoms with Gasteiger partial charge in [-0.2, -0.15) is 0 Å². The molecule has 4 nitrogen and oxygen atoms in total. The van der Waals surface area contributed by atoms with E-state index in [-0.39, 0.29) is 25.8 Å². The Morgan fingerprint density at radius 1 is 1.10 bits per heavy atom. The van der Waals surface area contributed by atoms with Crippen molar-refractivity contribution in [3.05, 3.63) is 50.1 Å². The van der Waals surface area contributed by atoms with Crippen molar-refractivity contribution in [1.29, 1.82) is 0 Å². The van der Waals surface area contributed by atoms with E-state index in [1.165, 1.54) is 30.5 Å². The van der Waals surface area contributed by atoms with Gasteiger partial charge in [-0.25, -0.2) is 13.4 Å². The van der Waals surface area contributed by atoms with Gasteiger partial charge < -0.3 is 0 Å². The number of rotatable bonds is 3. The smallest absolute Gasteiger partial charge is 0.261 e. The molecule has 0 atom stereocenters. The summed E-state index contributed by atoms with van der Waals surface area (Å²) < 4.78 is 27.2. The van der Waals surface area contributed by atoms with E-state index in [4.69, 9.17) is 34.8 Å². The van der Waals surface area contributed by atoms with E-state index in [2.05, 4.69) is 25.6 Å². The van der Waals surface area contributed by atoms with Crippen LogP contribution in [0.15, 0.2) is 39.8 Å². The molecule has 0 unspecified atom stereocenters. The topological polar surface area (TPSA) is 59.1 Å². The molecular formula is C11H6BrCl3N2O2S. The summed E-state index contributed by atoms with van der Waals surface area (Å²) in [5.41, 5.74) is 0.271. The zero-order valence-corrected chi connectivity index (χ0v) is 14.2. The van der Waals surface area contributed by atoms with E-state index in [9.17, 15) is 8.42 Å². The first-order valence-electron chi connectivity index (χ1n) is 5.08. The lowest BCUT2D eigenvalue weighted by Gasteiger charge is -2.09. The lowest BCUT2D eigenvalue weighted by molar-refractivity contribution is 0.601. The molecule has 0 fully saturated rings. The first-order chi connectivity index (χ1) is 9.29. The van der Waals surface area contributed by atoms with Crippen molar-refractivity contribution in [2.45, 2.75) is 4.90 Å². The van der Waals surface area contributed by atoms with Gasteiger partial charge in [0.1, 0.15) is 5.15 Å². The summed E-state index contributed by atoms with van der Waals surface area (Å²) in [5.74, 6) is 0. The van der Waals surface area contributed by atoms with Crippen LogP contribution in [0, 0.1) is 0 Å². The molecule has 0 aliphatic carbocycles. The molecule has 1 aromatic heterocycles. The van der Waals surface area contributed by atoms with Crippen molar-refractivity contribution >= 4 is 66.4 Å². The summed E-state index contributed by atoms with van der Waals surface area (Å²) >= 11 is 20.5. The minimum Gasteiger partial charge on any atom is -0.278 e. The van der Waals surface area contributed by atoms with Crippen molar-refractivity contribution in [2.24, 2.45) is 0 Å². The number of aromatic nitrogens is 1. The average Bonchev–Trinajstić information content (AvgIpc) is 2.37. The molecule has 0 bridgehead atoms. The van der Waals surface area contributed by atoms with E-state index in [0.717, 1.165) is 0 Å². The van der Waals surface area contributed by atoms with Crippen LogP contribution in [0.1, 0.15) is 0 Å². The Balaban J connectivity index is 2.35. The molecule has 1 heterocycles. The molecule has 0 amide bonds. The van der Waals surface area contributed by atoms with Gasteiger partial charge in [-0.15, -0.1) is 0 Å². The number of nitrogens with one attached hydrogen (secondary N) is 1. The van der Waals surface area contributed by atoms with E-state index >= 15 is 0 Å². The Morgan fingerprint density at radius 2 is 1.80 bits per heavy atom. The average molecular weight is 417 g/mol. The number of anilines is 1. The summed E-state index contributed by atoms with van der Waals surface area (Å²) in [5, 5.41) is 0.675. The van der Waals surface area contributed by atoms with E-state index in [0.29, 0.717) is 4.47 Å². The molecule has 0 aliphatic rings. The number of halogens is 4. The van der Waals surface area contributed by atoms with Gasteiger partial charge in [-0.1, -0.05) is 34.8 Å². The molecule has 2 aromatic rings. The van der Waals surface area contributed by atoms with Crippen LogP contribution in [0.2, 0.25) is 15.2 Å². The van der Waals surface area contributed by atoms with Gasteiger partial charge in [0.2, 0.25) is 0 Å². The maximum atomic E-state index is 12.2. The van der Waals surface area contributed by atoms with Gasteiger partial charge in [0, 0.05) is 0 Å². The highest BCUT2D eigenvalue weighted by atomic mass is 79.9. The van der Waals surface area contributed by atoms with Crippen molar-refractivity contribution in [2.75, 3.05) is 4.72 Å². The van der Waals surface area contributed by atoms with Gasteiger partial charge in [-0.3, -0.25) is 4.72 Å². The second-order valence-corrected chi connectivity index (χ2v) is 7.39. The molecule has 1 aromatic carbocycles. The SMILES string of the molecule is O=S(=O)(Nc1cnc(Cl)c(Br)c1)c1ccc(Cl)c(Cl)c1. The standard InChI is InChI=1S/C11H6BrCl3N2O2S/c12-8-3-6(5-16-11(8)15)17-20(18,19)7-1-2-9(13)10(14)4-7/h1-5,17H. The monoisotopic (exact) mass is 414 g/mol. The van der Waals surface area contributed by atoms with Gasteiger partial charge in [-0.05, 0) is 40.2 Å². The fourth-order valence-electron chi connectivity index (χ4n) is 1.34. The van der Waals surface area contributed by atoms with Crippen LogP contribution < -0.4 is 4.72 Å². The number of hydrogen-bond acceptors (Lipinski definition) is 3. The van der Waals surface area contributed by atoms with Crippen LogP contribution >= 0.6 is 50.7 Å². The predicted molar refractivity (Wildman–Crippen MR) is 84.2 cm³/mol. The third-order valence-electron chi connectivity index (χ3n) is 2.25. The lowest BCUT2D eigenvalue weighted by Crippen LogP contribution is -2.13. The quantitative estimate of drug-likeness (QED) is 0.744. The van der Waals surface area contributed by atoms with Crippen molar-refractivity contribution in [3.8, 4) is 0 Å². The molecule has 1 N–H and O–H groups in total. The molecule has 2 rings (SSSR count). The van der Waals surface area contributed by atoms with Crippen molar-refractivity contribution in [3.63, 3.8) is 0 Å². The zero-order valence-electron chi connectivity index (χ0n) is 9.57. The second kappa shape index (κ2) is 6.07. The molecule has 20 heavy (non-hydrogen) atoms. The van der Waals surface area contributed by atoms with Crippen LogP contribution in [-0.4, -0.2) is 13.4 Å². The van der Waals surface area contributed by atoms with E-state index in [1.54, 1.807) is 0 Å². The van der Waals surface area contributed by atoms with Crippen LogP contribution in [0.5, 0.6) is 0 Å². The molecule has 106 valence electrons. The number of pyridine rings is 1. The number of benzene rings is 1. The van der Waals surface area contributed by atoms with Gasteiger partial charge in [0.05, 0.1) is 31.3 Å². The van der Waals surface area contributed by atoms with Crippen LogP contribution in [-0.2, 0) is 10.0 Å². The van der Waals surface area contributed by atoms with E-state index < -0.39 is 10.0 Å². The van der Waals surface area contributed by atoms with Crippen LogP contribution in [0.3, 0.4) is 0 Å². The van der Waals surface area contributed by atoms with Crippen molar-refractivity contribution in [1.82, 2.24) is 4.98 Å². The summed E-state index contributed by atoms with van der Waals surface area (Å²) in [4.78, 5) is 3.83. The normalized spacial score (nSPS) is 11.4. The molecule has 0 spiro atoms. The Bertz CT molecular complexity index is 768. The second-order valence-electron chi connectivity index (χ2n) is 3.68. The molecule has 0 saturated carbocycles. The van der Waals surface area contributed by atoms with Gasteiger partial charge in [0.15, 0.2) is 0 Å². The third kappa shape index (κ3) is 3.56. The first-order valence-corrected chi connectivity index (χ1v) is 8.49. The minimum atomic E-state index is -3.78. The largest absolute Gasteiger partial charge is 0.278 e. The molecular weight excluding hydrogens is 410 g/mol. The highest BCUT2D eigenvalue weighted by molar-refractivity contribution is 9.10. The fraction of sp³-hybridized carbons (Fsp3) is 0. The molecule has 0 radical (unpaired) electrons. The predicted octanol–water partition coefficient (Wildman–Crippen LogP) is 4.61. The van der Waals surface area contributed by atoms with Gasteiger partial charge in [0.25, 0.3) is 10.0 Å². The number of sulfonamides is 1. The van der Waals surface area contributed by atoms with Crippen LogP contribution in [0.4, 0.5) is 5.69 Å². The zero-order chi connectivity index (χ0) is 14.9. The third-order valence-corrected chi connectivity index (χ3v) is 5.50. The summed E-state index contributed by atoms with van der Waals surface area (Å²) in [6.45, 7) is 0. The van der Waals surface area contributed by atoms with Gasteiger partial charge >= 0.3 is 0 Å². The first kappa shape index (κ1) is 15.9. The minimum absolute atomic E-state index is 0.00188. The Kier molecular flexibility index (Phi) is 4.81. The van der Waals surface area contributed by atoms with Crippen LogP contribution in [0.25, 0.3) is 0 Å². The van der Waals surface area contributed by atoms with Crippen molar-refractivity contribution < 1.29 is 8.42 Å². The fourth-order valence-corrected chi connectivity index (χ4v) is 3.21. The summed E-state index contributed by atoms with van der Waals surface area (Å²) in [6, 6.07) is 5.54. The lowest BCUT2D eigenvalue weighted by atomic mass is 10.4. The molecule has 0 saturated heterocycles. The summed E-state index contributed by atoms with van der Waals surface area (Å²) in [7, 11) is -3.78. The van der Waals surface area contributed by atoms with E-state index in [1.807, 2.05) is 0 Å². The number of hydrogen-bond donors (Lipinski definition) is 1. The Hall–Kier alpha value is -0.530. The molecule has 0 aliphatic heterocycles. The highest BCUT2D eigenvalue weighted by Gasteiger charge is 2.16. The molecule has 9 heteroatoms. The maximum Gasteiger partial charge on any atom is 0.261 e. The Morgan fingerprint density at radius 3 is 2.40 bits per heavy atom. The highest BCUT2D eigenvalue weighted by Crippen LogP contribution is 2.27. The maximum absolute atomic E-state index is 12.2.